The lowest BCUT2D eigenvalue weighted by molar-refractivity contribution is -0.136. The number of amides is 2. The number of benzene rings is 1. The molecule has 0 radical (unpaired) electrons. The predicted molar refractivity (Wildman–Crippen MR) is 87.6 cm³/mol. The van der Waals surface area contributed by atoms with Gasteiger partial charge in [0.2, 0.25) is 0 Å². The van der Waals surface area contributed by atoms with E-state index >= 15 is 0 Å². The number of rotatable bonds is 4. The number of aliphatic carboxylic acids is 1. The van der Waals surface area contributed by atoms with Crippen LogP contribution in [0.5, 0.6) is 0 Å². The van der Waals surface area contributed by atoms with Crippen molar-refractivity contribution in [1.29, 1.82) is 0 Å². The minimum Gasteiger partial charge on any atom is -0.481 e. The van der Waals surface area contributed by atoms with Crippen LogP contribution in [-0.4, -0.2) is 28.6 Å². The van der Waals surface area contributed by atoms with Crippen LogP contribution in [0.15, 0.2) is 18.2 Å². The highest BCUT2D eigenvalue weighted by atomic mass is 32.1. The van der Waals surface area contributed by atoms with E-state index in [9.17, 15) is 9.59 Å². The fraction of sp³-hybridized carbons (Fsp3) is 0.400. The van der Waals surface area contributed by atoms with Crippen molar-refractivity contribution in [2.45, 2.75) is 32.6 Å². The van der Waals surface area contributed by atoms with E-state index in [1.54, 1.807) is 17.4 Å². The molecular weight excluding hydrogens is 302 g/mol. The fourth-order valence-corrected chi connectivity index (χ4v) is 2.84. The smallest absolute Gasteiger partial charge is 0.319 e. The van der Waals surface area contributed by atoms with Crippen LogP contribution >= 0.6 is 11.3 Å². The molecule has 2 aromatic rings. The van der Waals surface area contributed by atoms with Crippen LogP contribution in [0.3, 0.4) is 0 Å². The van der Waals surface area contributed by atoms with Gasteiger partial charge in [0.25, 0.3) is 0 Å². The van der Waals surface area contributed by atoms with Crippen molar-refractivity contribution in [2.75, 3.05) is 11.9 Å². The highest BCUT2D eigenvalue weighted by Gasteiger charge is 2.18. The number of fused-ring (bicyclic) bond motifs is 1. The van der Waals surface area contributed by atoms with Crippen molar-refractivity contribution in [3.8, 4) is 0 Å². The average Bonchev–Trinajstić information content (AvgIpc) is 2.81. The molecule has 7 heteroatoms. The number of carboxylic acid groups (broad SMARTS) is 1. The summed E-state index contributed by atoms with van der Waals surface area (Å²) in [5.41, 5.74) is 1.56. The van der Waals surface area contributed by atoms with E-state index in [-0.39, 0.29) is 18.4 Å². The molecule has 1 aromatic carbocycles. The maximum atomic E-state index is 11.7. The molecule has 2 amide bonds. The quantitative estimate of drug-likeness (QED) is 0.806. The molecule has 0 fully saturated rings. The first-order valence-electron chi connectivity index (χ1n) is 6.93. The van der Waals surface area contributed by atoms with E-state index in [2.05, 4.69) is 36.4 Å². The van der Waals surface area contributed by atoms with Crippen molar-refractivity contribution < 1.29 is 14.7 Å². The highest BCUT2D eigenvalue weighted by Crippen LogP contribution is 2.32. The number of thiazole rings is 1. The van der Waals surface area contributed by atoms with Crippen LogP contribution in [0.4, 0.5) is 10.5 Å². The number of urea groups is 1. The minimum atomic E-state index is -0.943. The van der Waals surface area contributed by atoms with E-state index in [1.165, 1.54) is 0 Å². The zero-order valence-electron chi connectivity index (χ0n) is 12.8. The van der Waals surface area contributed by atoms with Crippen molar-refractivity contribution in [1.82, 2.24) is 10.3 Å². The lowest BCUT2D eigenvalue weighted by atomic mass is 9.98. The van der Waals surface area contributed by atoms with Gasteiger partial charge in [-0.25, -0.2) is 9.78 Å². The maximum Gasteiger partial charge on any atom is 0.319 e. The Morgan fingerprint density at radius 3 is 2.68 bits per heavy atom. The topological polar surface area (TPSA) is 91.3 Å². The lowest BCUT2D eigenvalue weighted by Crippen LogP contribution is -2.30. The summed E-state index contributed by atoms with van der Waals surface area (Å²) in [6, 6.07) is 5.11. The van der Waals surface area contributed by atoms with E-state index < -0.39 is 12.0 Å². The van der Waals surface area contributed by atoms with Gasteiger partial charge in [0.15, 0.2) is 0 Å². The Morgan fingerprint density at radius 1 is 1.32 bits per heavy atom. The SMILES string of the molecule is CC(C)(C)c1nc2ccc(NC(=O)NCCC(=O)O)cc2s1. The van der Waals surface area contributed by atoms with E-state index in [4.69, 9.17) is 5.11 Å². The molecule has 1 heterocycles. The monoisotopic (exact) mass is 321 g/mol. The van der Waals surface area contributed by atoms with E-state index in [0.717, 1.165) is 15.2 Å². The number of carboxylic acids is 1. The molecule has 3 N–H and O–H groups in total. The van der Waals surface area contributed by atoms with Crippen LogP contribution in [0.1, 0.15) is 32.2 Å². The third kappa shape index (κ3) is 4.17. The molecule has 0 aliphatic heterocycles. The van der Waals surface area contributed by atoms with Crippen LogP contribution < -0.4 is 10.6 Å². The summed E-state index contributed by atoms with van der Waals surface area (Å²) in [5.74, 6) is -0.943. The second-order valence-electron chi connectivity index (χ2n) is 5.98. The molecule has 118 valence electrons. The first-order chi connectivity index (χ1) is 10.3. The van der Waals surface area contributed by atoms with Gasteiger partial charge in [0, 0.05) is 17.6 Å². The van der Waals surface area contributed by atoms with Gasteiger partial charge in [-0.1, -0.05) is 20.8 Å². The second kappa shape index (κ2) is 6.31. The molecule has 6 nitrogen and oxygen atoms in total. The number of hydrogen-bond acceptors (Lipinski definition) is 4. The number of anilines is 1. The molecule has 1 aromatic heterocycles. The lowest BCUT2D eigenvalue weighted by Gasteiger charge is -2.13. The Hall–Kier alpha value is -2.15. The van der Waals surface area contributed by atoms with Crippen LogP contribution in [0, 0.1) is 0 Å². The first kappa shape index (κ1) is 16.2. The number of carbonyl (C=O) groups is 2. The average molecular weight is 321 g/mol. The summed E-state index contributed by atoms with van der Waals surface area (Å²) in [5, 5.41) is 14.8. The molecule has 0 unspecified atom stereocenters. The summed E-state index contributed by atoms with van der Waals surface area (Å²) < 4.78 is 1.01. The summed E-state index contributed by atoms with van der Waals surface area (Å²) in [4.78, 5) is 26.7. The van der Waals surface area contributed by atoms with Gasteiger partial charge >= 0.3 is 12.0 Å². The molecule has 22 heavy (non-hydrogen) atoms. The molecule has 0 aliphatic rings. The summed E-state index contributed by atoms with van der Waals surface area (Å²) >= 11 is 1.61. The standard InChI is InChI=1S/C15H19N3O3S/c1-15(2,3)13-18-10-5-4-9(8-11(10)22-13)17-14(21)16-7-6-12(19)20/h4-5,8H,6-7H2,1-3H3,(H,19,20)(H2,16,17,21). The number of aromatic nitrogens is 1. The molecule has 0 saturated carbocycles. The molecule has 0 spiro atoms. The third-order valence-corrected chi connectivity index (χ3v) is 4.36. The van der Waals surface area contributed by atoms with Gasteiger partial charge in [0.05, 0.1) is 21.6 Å². The maximum absolute atomic E-state index is 11.7. The van der Waals surface area contributed by atoms with Gasteiger partial charge in [-0.05, 0) is 18.2 Å². The van der Waals surface area contributed by atoms with Gasteiger partial charge < -0.3 is 15.7 Å². The molecular formula is C15H19N3O3S. The van der Waals surface area contributed by atoms with E-state index in [1.807, 2.05) is 12.1 Å². The Labute approximate surface area is 132 Å². The van der Waals surface area contributed by atoms with Crippen LogP contribution in [-0.2, 0) is 10.2 Å². The van der Waals surface area contributed by atoms with Gasteiger partial charge in [-0.15, -0.1) is 11.3 Å². The number of carbonyl (C=O) groups excluding carboxylic acids is 1. The molecule has 0 aliphatic carbocycles. The summed E-state index contributed by atoms with van der Waals surface area (Å²) in [6.45, 7) is 6.43. The zero-order chi connectivity index (χ0) is 16.3. The molecule has 0 bridgehead atoms. The Bertz CT molecular complexity index is 704. The number of hydrogen-bond donors (Lipinski definition) is 3. The Morgan fingerprint density at radius 2 is 2.05 bits per heavy atom. The predicted octanol–water partition coefficient (Wildman–Crippen LogP) is 3.19. The van der Waals surface area contributed by atoms with Crippen LogP contribution in [0.25, 0.3) is 10.2 Å². The highest BCUT2D eigenvalue weighted by molar-refractivity contribution is 7.18. The van der Waals surface area contributed by atoms with Crippen molar-refractivity contribution in [3.63, 3.8) is 0 Å². The first-order valence-corrected chi connectivity index (χ1v) is 7.75. The second-order valence-corrected chi connectivity index (χ2v) is 7.01. The fourth-order valence-electron chi connectivity index (χ4n) is 1.78. The Kier molecular flexibility index (Phi) is 4.65. The van der Waals surface area contributed by atoms with E-state index in [0.29, 0.717) is 5.69 Å². The van der Waals surface area contributed by atoms with Crippen molar-refractivity contribution in [3.05, 3.63) is 23.2 Å². The van der Waals surface area contributed by atoms with Crippen molar-refractivity contribution >= 4 is 39.2 Å². The summed E-state index contributed by atoms with van der Waals surface area (Å²) in [6.07, 6.45) is -0.101. The molecule has 0 atom stereocenters. The van der Waals surface area contributed by atoms with Crippen molar-refractivity contribution in [2.24, 2.45) is 0 Å². The van der Waals surface area contributed by atoms with Gasteiger partial charge in [0.1, 0.15) is 0 Å². The van der Waals surface area contributed by atoms with Gasteiger partial charge in [-0.3, -0.25) is 4.79 Å². The largest absolute Gasteiger partial charge is 0.481 e. The molecule has 2 rings (SSSR count). The minimum absolute atomic E-state index is 0.00845. The van der Waals surface area contributed by atoms with Gasteiger partial charge in [-0.2, -0.15) is 0 Å². The van der Waals surface area contributed by atoms with Crippen LogP contribution in [0.2, 0.25) is 0 Å². The normalized spacial score (nSPS) is 11.4. The summed E-state index contributed by atoms with van der Waals surface area (Å²) in [7, 11) is 0. The third-order valence-electron chi connectivity index (χ3n) is 2.91. The zero-order valence-corrected chi connectivity index (χ0v) is 13.6. The number of nitrogens with zero attached hydrogens (tertiary/aromatic N) is 1. The number of nitrogens with one attached hydrogen (secondary N) is 2. The Balaban J connectivity index is 2.06. The molecule has 0 saturated heterocycles.